The Morgan fingerprint density at radius 3 is 3.05 bits per heavy atom. The number of benzene rings is 1. The van der Waals surface area contributed by atoms with Crippen LogP contribution >= 0.6 is 15.9 Å². The first kappa shape index (κ1) is 14.1. The van der Waals surface area contributed by atoms with Crippen LogP contribution in [0.2, 0.25) is 0 Å². The molecule has 1 fully saturated rings. The second kappa shape index (κ2) is 5.31. The minimum Gasteiger partial charge on any atom is -0.473 e. The molecule has 2 atom stereocenters. The molecule has 0 amide bonds. The summed E-state index contributed by atoms with van der Waals surface area (Å²) in [6.07, 6.45) is 0. The van der Waals surface area contributed by atoms with Gasteiger partial charge in [-0.05, 0) is 18.6 Å². The van der Waals surface area contributed by atoms with E-state index >= 15 is 0 Å². The van der Waals surface area contributed by atoms with Crippen molar-refractivity contribution in [2.24, 2.45) is 0 Å². The lowest BCUT2D eigenvalue weighted by Gasteiger charge is -2.39. The van der Waals surface area contributed by atoms with Gasteiger partial charge in [-0.15, -0.1) is 0 Å². The molecule has 0 radical (unpaired) electrons. The molecule has 0 N–H and O–H groups in total. The number of nitrogens with zero attached hydrogens (tertiary/aromatic N) is 3. The Labute approximate surface area is 135 Å². The number of ether oxygens (including phenoxy) is 2. The van der Waals surface area contributed by atoms with Crippen LogP contribution in [0.25, 0.3) is 11.0 Å². The summed E-state index contributed by atoms with van der Waals surface area (Å²) in [7, 11) is 0. The van der Waals surface area contributed by atoms with Gasteiger partial charge in [0.15, 0.2) is 5.82 Å². The highest BCUT2D eigenvalue weighted by Gasteiger charge is 2.33. The first-order valence-corrected chi connectivity index (χ1v) is 8.17. The van der Waals surface area contributed by atoms with Crippen molar-refractivity contribution in [1.82, 2.24) is 9.97 Å². The first-order valence-electron chi connectivity index (χ1n) is 7.26. The van der Waals surface area contributed by atoms with Crippen LogP contribution in [0, 0.1) is 5.82 Å². The fourth-order valence-corrected chi connectivity index (χ4v) is 3.31. The summed E-state index contributed by atoms with van der Waals surface area (Å²) >= 11 is 3.50. The maximum absolute atomic E-state index is 13.8. The van der Waals surface area contributed by atoms with E-state index in [0.29, 0.717) is 36.7 Å². The largest absolute Gasteiger partial charge is 0.473 e. The Balaban J connectivity index is 1.92. The van der Waals surface area contributed by atoms with Gasteiger partial charge in [0.1, 0.15) is 12.4 Å². The Hall–Kier alpha value is -1.47. The van der Waals surface area contributed by atoms with Crippen LogP contribution in [0.3, 0.4) is 0 Å². The molecule has 2 aromatic rings. The van der Waals surface area contributed by atoms with Gasteiger partial charge in [0.05, 0.1) is 30.3 Å². The SMILES string of the molecule is CC(Br)c1cc(F)cc2nc3c(nc12)N1CCOC[C@H]1CO3. The molecule has 0 bridgehead atoms. The number of fused-ring (bicyclic) bond motifs is 4. The molecule has 5 nitrogen and oxygen atoms in total. The molecule has 0 saturated carbocycles. The number of anilines is 1. The summed E-state index contributed by atoms with van der Waals surface area (Å²) in [5.74, 6) is 0.889. The van der Waals surface area contributed by atoms with Crippen LogP contribution in [-0.4, -0.2) is 42.4 Å². The van der Waals surface area contributed by atoms with Crippen molar-refractivity contribution in [1.29, 1.82) is 0 Å². The smallest absolute Gasteiger partial charge is 0.258 e. The van der Waals surface area contributed by atoms with Gasteiger partial charge in [0.25, 0.3) is 5.88 Å². The molecule has 1 aromatic heterocycles. The fourth-order valence-electron chi connectivity index (χ4n) is 2.96. The van der Waals surface area contributed by atoms with Crippen molar-refractivity contribution >= 4 is 32.8 Å². The van der Waals surface area contributed by atoms with E-state index in [-0.39, 0.29) is 16.7 Å². The molecule has 7 heteroatoms. The third kappa shape index (κ3) is 2.23. The highest BCUT2D eigenvalue weighted by atomic mass is 79.9. The lowest BCUT2D eigenvalue weighted by atomic mass is 10.1. The quantitative estimate of drug-likeness (QED) is 0.725. The monoisotopic (exact) mass is 367 g/mol. The predicted molar refractivity (Wildman–Crippen MR) is 84.3 cm³/mol. The molecule has 1 saturated heterocycles. The molecule has 4 rings (SSSR count). The van der Waals surface area contributed by atoms with Crippen LogP contribution in [0.5, 0.6) is 5.88 Å². The van der Waals surface area contributed by atoms with E-state index in [1.807, 2.05) is 6.92 Å². The molecule has 0 spiro atoms. The van der Waals surface area contributed by atoms with E-state index in [0.717, 1.165) is 17.9 Å². The predicted octanol–water partition coefficient (Wildman–Crippen LogP) is 2.82. The lowest BCUT2D eigenvalue weighted by molar-refractivity contribution is 0.0686. The standard InChI is InChI=1S/C15H15BrFN3O2/c1-8(16)11-4-9(17)5-12-13(11)19-14-15(18-12)22-7-10-6-21-3-2-20(10)14/h4-5,8,10H,2-3,6-7H2,1H3/t8?,10-/m0/s1. The summed E-state index contributed by atoms with van der Waals surface area (Å²) < 4.78 is 25.0. The van der Waals surface area contributed by atoms with Crippen LogP contribution in [-0.2, 0) is 4.74 Å². The topological polar surface area (TPSA) is 47.5 Å². The fraction of sp³-hybridized carbons (Fsp3) is 0.467. The molecular formula is C15H15BrFN3O2. The minimum absolute atomic E-state index is 0.0111. The van der Waals surface area contributed by atoms with E-state index in [2.05, 4.69) is 25.8 Å². The van der Waals surface area contributed by atoms with Crippen LogP contribution in [0.1, 0.15) is 17.3 Å². The molecular weight excluding hydrogens is 353 g/mol. The summed E-state index contributed by atoms with van der Waals surface area (Å²) in [5, 5.41) is 0. The van der Waals surface area contributed by atoms with Gasteiger partial charge in [0.2, 0.25) is 0 Å². The van der Waals surface area contributed by atoms with Crippen molar-refractivity contribution in [3.8, 4) is 5.88 Å². The van der Waals surface area contributed by atoms with Crippen molar-refractivity contribution in [2.75, 3.05) is 31.3 Å². The van der Waals surface area contributed by atoms with E-state index in [4.69, 9.17) is 14.5 Å². The molecule has 2 aliphatic heterocycles. The van der Waals surface area contributed by atoms with Gasteiger partial charge in [0, 0.05) is 17.4 Å². The van der Waals surface area contributed by atoms with Crippen molar-refractivity contribution < 1.29 is 13.9 Å². The number of morpholine rings is 1. The van der Waals surface area contributed by atoms with Gasteiger partial charge >= 0.3 is 0 Å². The normalized spacial score (nSPS) is 22.0. The third-order valence-corrected chi connectivity index (χ3v) is 4.55. The van der Waals surface area contributed by atoms with Crippen LogP contribution in [0.4, 0.5) is 10.2 Å². The van der Waals surface area contributed by atoms with Gasteiger partial charge in [-0.1, -0.05) is 15.9 Å². The zero-order valence-corrected chi connectivity index (χ0v) is 13.6. The maximum Gasteiger partial charge on any atom is 0.258 e. The zero-order valence-electron chi connectivity index (χ0n) is 12.1. The molecule has 3 heterocycles. The first-order chi connectivity index (χ1) is 10.6. The Morgan fingerprint density at radius 1 is 1.36 bits per heavy atom. The molecule has 0 aliphatic carbocycles. The molecule has 1 aromatic carbocycles. The second-order valence-corrected chi connectivity index (χ2v) is 6.94. The maximum atomic E-state index is 13.8. The molecule has 116 valence electrons. The van der Waals surface area contributed by atoms with E-state index in [9.17, 15) is 4.39 Å². The summed E-state index contributed by atoms with van der Waals surface area (Å²) in [4.78, 5) is 11.4. The van der Waals surface area contributed by atoms with Crippen LogP contribution < -0.4 is 9.64 Å². The zero-order chi connectivity index (χ0) is 15.3. The summed E-state index contributed by atoms with van der Waals surface area (Å²) in [5.41, 5.74) is 2.02. The average molecular weight is 368 g/mol. The molecule has 1 unspecified atom stereocenters. The number of aromatic nitrogens is 2. The Bertz CT molecular complexity index is 740. The summed E-state index contributed by atoms with van der Waals surface area (Å²) in [6.45, 7) is 4.53. The van der Waals surface area contributed by atoms with E-state index in [1.165, 1.54) is 12.1 Å². The lowest BCUT2D eigenvalue weighted by Crippen LogP contribution is -2.51. The van der Waals surface area contributed by atoms with Crippen LogP contribution in [0.15, 0.2) is 12.1 Å². The molecule has 22 heavy (non-hydrogen) atoms. The molecule has 2 aliphatic rings. The highest BCUT2D eigenvalue weighted by Crippen LogP contribution is 2.36. The summed E-state index contributed by atoms with van der Waals surface area (Å²) in [6, 6.07) is 3.07. The minimum atomic E-state index is -0.317. The second-order valence-electron chi connectivity index (χ2n) is 5.56. The number of hydrogen-bond acceptors (Lipinski definition) is 5. The number of rotatable bonds is 1. The van der Waals surface area contributed by atoms with Crippen molar-refractivity contribution in [2.45, 2.75) is 17.8 Å². The number of hydrogen-bond donors (Lipinski definition) is 0. The Kier molecular flexibility index (Phi) is 3.41. The van der Waals surface area contributed by atoms with Gasteiger partial charge in [-0.3, -0.25) is 0 Å². The van der Waals surface area contributed by atoms with E-state index < -0.39 is 0 Å². The Morgan fingerprint density at radius 2 is 2.23 bits per heavy atom. The van der Waals surface area contributed by atoms with Crippen molar-refractivity contribution in [3.05, 3.63) is 23.5 Å². The highest BCUT2D eigenvalue weighted by molar-refractivity contribution is 9.09. The van der Waals surface area contributed by atoms with Gasteiger partial charge in [-0.25, -0.2) is 14.4 Å². The number of alkyl halides is 1. The van der Waals surface area contributed by atoms with Gasteiger partial charge in [-0.2, -0.15) is 0 Å². The average Bonchev–Trinajstić information content (AvgIpc) is 2.52. The third-order valence-electron chi connectivity index (χ3n) is 4.06. The van der Waals surface area contributed by atoms with Gasteiger partial charge < -0.3 is 14.4 Å². The van der Waals surface area contributed by atoms with Crippen molar-refractivity contribution in [3.63, 3.8) is 0 Å². The van der Waals surface area contributed by atoms with E-state index in [1.54, 1.807) is 0 Å². The number of halogens is 2.